The normalized spacial score (nSPS) is 36.7. The van der Waals surface area contributed by atoms with Crippen molar-refractivity contribution in [2.45, 2.75) is 77.4 Å². The van der Waals surface area contributed by atoms with E-state index in [1.807, 2.05) is 0 Å². The van der Waals surface area contributed by atoms with E-state index in [4.69, 9.17) is 16.4 Å². The zero-order valence-corrected chi connectivity index (χ0v) is 22.3. The molecule has 6 atom stereocenters. The van der Waals surface area contributed by atoms with Crippen LogP contribution in [0.15, 0.2) is 41.1 Å². The maximum Gasteiger partial charge on any atom is 0.335 e. The Morgan fingerprint density at radius 1 is 1.11 bits per heavy atom. The van der Waals surface area contributed by atoms with Gasteiger partial charge >= 0.3 is 5.97 Å². The van der Waals surface area contributed by atoms with Crippen LogP contribution in [0.3, 0.4) is 0 Å². The van der Waals surface area contributed by atoms with E-state index in [9.17, 15) is 14.7 Å². The number of nitrogens with zero attached hydrogens (tertiary/aromatic N) is 1. The Morgan fingerprint density at radius 2 is 1.84 bits per heavy atom. The van der Waals surface area contributed by atoms with Gasteiger partial charge in [0.25, 0.3) is 5.91 Å². The van der Waals surface area contributed by atoms with Gasteiger partial charge in [0.2, 0.25) is 0 Å². The van der Waals surface area contributed by atoms with Gasteiger partial charge in [-0.2, -0.15) is 0 Å². The van der Waals surface area contributed by atoms with E-state index in [0.717, 1.165) is 56.2 Å². The van der Waals surface area contributed by atoms with Crippen molar-refractivity contribution in [2.24, 2.45) is 33.7 Å². The Hall–Kier alpha value is -3.11. The van der Waals surface area contributed by atoms with Crippen molar-refractivity contribution in [1.82, 2.24) is 5.32 Å². The third-order valence-electron chi connectivity index (χ3n) is 10.4. The minimum atomic E-state index is -0.979. The lowest BCUT2D eigenvalue weighted by Gasteiger charge is -2.58. The van der Waals surface area contributed by atoms with E-state index < -0.39 is 11.6 Å². The molecule has 1 aromatic rings. The third-order valence-corrected chi connectivity index (χ3v) is 10.4. The molecule has 0 unspecified atom stereocenters. The van der Waals surface area contributed by atoms with E-state index in [2.05, 4.69) is 36.3 Å². The highest BCUT2D eigenvalue weighted by Crippen LogP contribution is 2.67. The van der Waals surface area contributed by atoms with Crippen molar-refractivity contribution in [3.05, 3.63) is 47.0 Å². The number of carbonyl (C=O) groups is 2. The Kier molecular flexibility index (Phi) is 6.89. The molecule has 0 aromatic heterocycles. The monoisotopic (exact) mass is 518 g/mol. The molecule has 3 fully saturated rings. The summed E-state index contributed by atoms with van der Waals surface area (Å²) < 4.78 is 0. The molecule has 7 heteroatoms. The SMILES string of the molecule is C#C[C@@]1(O)CC[C@H]2[C@@H]3CCC4=C/C(=N/OCC(=O)NCc5ccc(C(=O)O)cc5)CC[C@]4(C)[C@H]3CC[C@@]21C. The molecule has 0 spiro atoms. The van der Waals surface area contributed by atoms with E-state index in [1.165, 1.54) is 17.7 Å². The molecule has 4 aliphatic carbocycles. The average molecular weight is 519 g/mol. The fourth-order valence-corrected chi connectivity index (χ4v) is 8.09. The molecule has 0 heterocycles. The number of fused-ring (bicyclic) bond motifs is 5. The molecule has 1 aromatic carbocycles. The van der Waals surface area contributed by atoms with E-state index in [0.29, 0.717) is 30.7 Å². The Morgan fingerprint density at radius 3 is 2.55 bits per heavy atom. The van der Waals surface area contributed by atoms with E-state index >= 15 is 0 Å². The van der Waals surface area contributed by atoms with Crippen LogP contribution < -0.4 is 5.32 Å². The molecule has 3 saturated carbocycles. The van der Waals surface area contributed by atoms with Crippen molar-refractivity contribution >= 4 is 17.6 Å². The maximum atomic E-state index is 12.2. The van der Waals surface area contributed by atoms with Crippen LogP contribution in [-0.4, -0.2) is 40.0 Å². The summed E-state index contributed by atoms with van der Waals surface area (Å²) in [7, 11) is 0. The van der Waals surface area contributed by atoms with Gasteiger partial charge in [-0.1, -0.05) is 42.6 Å². The van der Waals surface area contributed by atoms with Crippen LogP contribution in [0, 0.1) is 40.9 Å². The molecule has 0 bridgehead atoms. The summed E-state index contributed by atoms with van der Waals surface area (Å²) in [5, 5.41) is 27.2. The smallest absolute Gasteiger partial charge is 0.335 e. The van der Waals surface area contributed by atoms with Gasteiger partial charge in [-0.15, -0.1) is 6.42 Å². The zero-order valence-electron chi connectivity index (χ0n) is 22.3. The number of rotatable bonds is 6. The highest BCUT2D eigenvalue weighted by Gasteiger charge is 2.63. The number of hydrogen-bond acceptors (Lipinski definition) is 5. The number of carbonyl (C=O) groups excluding carboxylic acids is 1. The van der Waals surface area contributed by atoms with Crippen LogP contribution in [0.1, 0.15) is 81.1 Å². The van der Waals surface area contributed by atoms with Gasteiger partial charge in [0, 0.05) is 12.0 Å². The molecule has 0 radical (unpaired) electrons. The standard InChI is InChI=1S/C31H38N2O5/c1-4-31(37)16-13-26-24-10-9-22-17-23(11-14-29(22,2)25(24)12-15-30(26,31)3)33-38-19-27(34)32-18-20-5-7-21(8-6-20)28(35)36/h1,5-8,17,24-26,37H,9-16,18-19H2,2-3H3,(H,32,34)(H,35,36)/b33-23+/t24-,25+,26+,29+,30+,31-/m1/s1. The predicted molar refractivity (Wildman–Crippen MR) is 144 cm³/mol. The predicted octanol–water partition coefficient (Wildman–Crippen LogP) is 4.70. The molecule has 5 rings (SSSR count). The highest BCUT2D eigenvalue weighted by molar-refractivity contribution is 5.96. The van der Waals surface area contributed by atoms with Gasteiger partial charge < -0.3 is 20.4 Å². The van der Waals surface area contributed by atoms with Crippen LogP contribution in [-0.2, 0) is 16.2 Å². The minimum Gasteiger partial charge on any atom is -0.478 e. The van der Waals surface area contributed by atoms with Crippen molar-refractivity contribution in [2.75, 3.05) is 6.61 Å². The number of terminal acetylenes is 1. The van der Waals surface area contributed by atoms with E-state index in [-0.39, 0.29) is 28.9 Å². The number of benzene rings is 1. The molecule has 0 saturated heterocycles. The van der Waals surface area contributed by atoms with Crippen LogP contribution in [0.2, 0.25) is 0 Å². The number of aromatic carboxylic acids is 1. The van der Waals surface area contributed by atoms with Crippen molar-refractivity contribution in [3.8, 4) is 12.3 Å². The minimum absolute atomic E-state index is 0.133. The van der Waals surface area contributed by atoms with Crippen molar-refractivity contribution in [3.63, 3.8) is 0 Å². The summed E-state index contributed by atoms with van der Waals surface area (Å²) >= 11 is 0. The molecule has 7 nitrogen and oxygen atoms in total. The number of hydrogen-bond donors (Lipinski definition) is 3. The van der Waals surface area contributed by atoms with Gasteiger partial charge in [0.15, 0.2) is 6.61 Å². The number of amides is 1. The molecular formula is C31H38N2O5. The first-order valence-electron chi connectivity index (χ1n) is 13.8. The van der Waals surface area contributed by atoms with Gasteiger partial charge in [0.05, 0.1) is 11.3 Å². The van der Waals surface area contributed by atoms with Gasteiger partial charge in [-0.3, -0.25) is 4.79 Å². The first kappa shape index (κ1) is 26.5. The summed E-state index contributed by atoms with van der Waals surface area (Å²) in [6.45, 7) is 4.76. The number of carboxylic acid groups (broad SMARTS) is 1. The maximum absolute atomic E-state index is 12.2. The lowest BCUT2D eigenvalue weighted by molar-refractivity contribution is -0.125. The number of aliphatic hydroxyl groups is 1. The summed E-state index contributed by atoms with van der Waals surface area (Å²) in [4.78, 5) is 28.6. The molecule has 4 aliphatic rings. The summed E-state index contributed by atoms with van der Waals surface area (Å²) in [5.41, 5.74) is 2.33. The molecule has 38 heavy (non-hydrogen) atoms. The number of carboxylic acids is 1. The number of nitrogens with one attached hydrogen (secondary N) is 1. The summed E-state index contributed by atoms with van der Waals surface area (Å²) in [6.07, 6.45) is 15.8. The van der Waals surface area contributed by atoms with E-state index in [1.54, 1.807) is 12.1 Å². The second kappa shape index (κ2) is 9.89. The van der Waals surface area contributed by atoms with Gasteiger partial charge in [-0.05, 0) is 98.3 Å². The molecule has 3 N–H and O–H groups in total. The van der Waals surface area contributed by atoms with Crippen LogP contribution in [0.5, 0.6) is 0 Å². The lowest BCUT2D eigenvalue weighted by Crippen LogP contribution is -2.54. The van der Waals surface area contributed by atoms with Crippen molar-refractivity contribution < 1.29 is 24.6 Å². The largest absolute Gasteiger partial charge is 0.478 e. The number of allylic oxidation sites excluding steroid dienone is 2. The first-order chi connectivity index (χ1) is 18.1. The third kappa shape index (κ3) is 4.43. The second-order valence-corrected chi connectivity index (χ2v) is 12.1. The molecule has 202 valence electrons. The summed E-state index contributed by atoms with van der Waals surface area (Å²) in [6, 6.07) is 6.39. The number of oxime groups is 1. The van der Waals surface area contributed by atoms with Gasteiger partial charge in [-0.25, -0.2) is 4.79 Å². The second-order valence-electron chi connectivity index (χ2n) is 12.1. The molecule has 0 aliphatic heterocycles. The molecular weight excluding hydrogens is 480 g/mol. The van der Waals surface area contributed by atoms with Crippen LogP contribution in [0.25, 0.3) is 0 Å². The highest BCUT2D eigenvalue weighted by atomic mass is 16.6. The lowest BCUT2D eigenvalue weighted by atomic mass is 9.46. The fraction of sp³-hybridized carbons (Fsp3) is 0.581. The zero-order chi connectivity index (χ0) is 27.1. The van der Waals surface area contributed by atoms with Crippen molar-refractivity contribution in [1.29, 1.82) is 0 Å². The summed E-state index contributed by atoms with van der Waals surface area (Å²) in [5.74, 6) is 3.18. The topological polar surface area (TPSA) is 108 Å². The Labute approximate surface area is 224 Å². The first-order valence-corrected chi connectivity index (χ1v) is 13.8. The quantitative estimate of drug-likeness (QED) is 0.374. The average Bonchev–Trinajstić information content (AvgIpc) is 3.18. The van der Waals surface area contributed by atoms with Crippen LogP contribution >= 0.6 is 0 Å². The Balaban J connectivity index is 1.17. The Bertz CT molecular complexity index is 1210. The molecule has 1 amide bonds. The van der Waals surface area contributed by atoms with Gasteiger partial charge in [0.1, 0.15) is 5.60 Å². The van der Waals surface area contributed by atoms with Crippen LogP contribution in [0.4, 0.5) is 0 Å². The fourth-order valence-electron chi connectivity index (χ4n) is 8.09.